The third kappa shape index (κ3) is 10.4. The first-order chi connectivity index (χ1) is 24.4. The van der Waals surface area contributed by atoms with Gasteiger partial charge in [-0.05, 0) is 105 Å². The van der Waals surface area contributed by atoms with Crippen LogP contribution in [-0.4, -0.2) is 63.3 Å². The number of rotatable bonds is 10. The number of alkyl halides is 6. The fourth-order valence-corrected chi connectivity index (χ4v) is 7.59. The highest BCUT2D eigenvalue weighted by Gasteiger charge is 2.37. The quantitative estimate of drug-likeness (QED) is 0.147. The number of ether oxygens (including phenoxy) is 1. The Bertz CT molecular complexity index is 1610. The molecule has 1 fully saturated rings. The Morgan fingerprint density at radius 3 is 2.35 bits per heavy atom. The Kier molecular flexibility index (Phi) is 13.6. The molecule has 3 heterocycles. The largest absolute Gasteiger partial charge is 0.481 e. The first-order valence-electron chi connectivity index (χ1n) is 17.7. The summed E-state index contributed by atoms with van der Waals surface area (Å²) in [6.07, 6.45) is 0.330. The lowest BCUT2D eigenvalue weighted by atomic mass is 9.80. The molecule has 1 N–H and O–H groups in total. The number of anilines is 2. The minimum Gasteiger partial charge on any atom is -0.481 e. The third-order valence-electron chi connectivity index (χ3n) is 10.3. The standard InChI is InChI=1S/C31H43F3N6O3.C6H7F3/c1-19(12-20(2)31(32,33)34)15-40(30-35-37-38(4)36-30)27-6-5-11-39(16-23-9-7-22(8-10-23)13-28(41)42)29-21(3)26-18-43-17-24(26)14-25(27)29;1-3-5(4-2)6(7,8)9/h12,14,20,22-23,27H,5-11,13,15-18H2,1-4H3,(H,41,42);3-4H,1H2,2H3/b19-12+;5-4+. The molecular weight excluding hydrogens is 690 g/mol. The molecule has 5 rings (SSSR count). The second kappa shape index (κ2) is 17.3. The maximum absolute atomic E-state index is 13.4. The van der Waals surface area contributed by atoms with Gasteiger partial charge in [0.25, 0.3) is 5.95 Å². The van der Waals surface area contributed by atoms with E-state index in [1.165, 1.54) is 41.5 Å². The van der Waals surface area contributed by atoms with Crippen LogP contribution in [0.4, 0.5) is 38.0 Å². The number of benzene rings is 1. The van der Waals surface area contributed by atoms with E-state index in [2.05, 4.69) is 39.9 Å². The molecule has 1 aromatic heterocycles. The summed E-state index contributed by atoms with van der Waals surface area (Å²) in [5.74, 6) is -1.16. The number of carboxylic acid groups (broad SMARTS) is 1. The van der Waals surface area contributed by atoms with E-state index in [-0.39, 0.29) is 24.9 Å². The number of carbonyl (C=O) groups is 1. The number of hydrogen-bond donors (Lipinski definition) is 1. The number of aromatic nitrogens is 4. The van der Waals surface area contributed by atoms with Crippen molar-refractivity contribution in [3.63, 3.8) is 0 Å². The molecule has 9 nitrogen and oxygen atoms in total. The molecule has 0 saturated heterocycles. The van der Waals surface area contributed by atoms with Crippen molar-refractivity contribution >= 4 is 17.6 Å². The molecular formula is C37H50F6N6O3. The molecule has 1 saturated carbocycles. The average Bonchev–Trinajstić information content (AvgIpc) is 3.67. The van der Waals surface area contributed by atoms with Crippen LogP contribution in [0.25, 0.3) is 0 Å². The minimum absolute atomic E-state index is 0.162. The van der Waals surface area contributed by atoms with Crippen LogP contribution >= 0.6 is 0 Å². The molecule has 1 aliphatic carbocycles. The maximum Gasteiger partial charge on any atom is 0.416 e. The Morgan fingerprint density at radius 1 is 1.13 bits per heavy atom. The van der Waals surface area contributed by atoms with Crippen molar-refractivity contribution in [1.29, 1.82) is 0 Å². The molecule has 288 valence electrons. The van der Waals surface area contributed by atoms with E-state index < -0.39 is 29.8 Å². The van der Waals surface area contributed by atoms with Crippen LogP contribution in [0.3, 0.4) is 0 Å². The van der Waals surface area contributed by atoms with Crippen molar-refractivity contribution in [2.75, 3.05) is 29.4 Å². The van der Waals surface area contributed by atoms with E-state index in [9.17, 15) is 36.2 Å². The normalized spacial score (nSPS) is 21.8. The van der Waals surface area contributed by atoms with Crippen molar-refractivity contribution in [3.8, 4) is 0 Å². The number of halogens is 6. The summed E-state index contributed by atoms with van der Waals surface area (Å²) in [7, 11) is 1.69. The zero-order chi connectivity index (χ0) is 38.4. The molecule has 2 unspecified atom stereocenters. The number of tetrazole rings is 1. The predicted octanol–water partition coefficient (Wildman–Crippen LogP) is 8.80. The summed E-state index contributed by atoms with van der Waals surface area (Å²) >= 11 is 0. The predicted molar refractivity (Wildman–Crippen MR) is 187 cm³/mol. The number of fused-ring (bicyclic) bond motifs is 2. The third-order valence-corrected chi connectivity index (χ3v) is 10.3. The van der Waals surface area contributed by atoms with E-state index in [0.717, 1.165) is 74.9 Å². The van der Waals surface area contributed by atoms with Crippen molar-refractivity contribution in [2.24, 2.45) is 24.8 Å². The number of nitrogens with zero attached hydrogens (tertiary/aromatic N) is 6. The summed E-state index contributed by atoms with van der Waals surface area (Å²) in [4.78, 5) is 17.1. The molecule has 0 bridgehead atoms. The van der Waals surface area contributed by atoms with Crippen LogP contribution in [0, 0.1) is 24.7 Å². The fourth-order valence-electron chi connectivity index (χ4n) is 7.59. The Balaban J connectivity index is 0.000000595. The average molecular weight is 741 g/mol. The second-order valence-corrected chi connectivity index (χ2v) is 14.2. The highest BCUT2D eigenvalue weighted by molar-refractivity contribution is 5.68. The van der Waals surface area contributed by atoms with E-state index in [4.69, 9.17) is 4.74 Å². The summed E-state index contributed by atoms with van der Waals surface area (Å²) in [6.45, 7) is 12.5. The second-order valence-electron chi connectivity index (χ2n) is 14.2. The van der Waals surface area contributed by atoms with Crippen molar-refractivity contribution < 1.29 is 41.0 Å². The van der Waals surface area contributed by atoms with Gasteiger partial charge in [-0.15, -0.1) is 5.10 Å². The van der Waals surface area contributed by atoms with Crippen LogP contribution in [0.2, 0.25) is 0 Å². The highest BCUT2D eigenvalue weighted by Crippen LogP contribution is 2.45. The Hall–Kier alpha value is -3.88. The molecule has 0 spiro atoms. The lowest BCUT2D eigenvalue weighted by Gasteiger charge is -2.36. The van der Waals surface area contributed by atoms with Crippen molar-refractivity contribution in [2.45, 2.75) is 104 Å². The summed E-state index contributed by atoms with van der Waals surface area (Å²) in [6, 6.07) is 2.07. The molecule has 0 radical (unpaired) electrons. The van der Waals surface area contributed by atoms with Gasteiger partial charge in [-0.25, -0.2) is 0 Å². The van der Waals surface area contributed by atoms with Gasteiger partial charge in [0.1, 0.15) is 0 Å². The molecule has 1 aromatic carbocycles. The van der Waals surface area contributed by atoms with Gasteiger partial charge < -0.3 is 19.6 Å². The topological polar surface area (TPSA) is 96.6 Å². The van der Waals surface area contributed by atoms with Gasteiger partial charge in [-0.1, -0.05) is 42.4 Å². The molecule has 52 heavy (non-hydrogen) atoms. The zero-order valence-corrected chi connectivity index (χ0v) is 30.5. The molecule has 2 aromatic rings. The molecule has 2 atom stereocenters. The Labute approximate surface area is 301 Å². The van der Waals surface area contributed by atoms with Crippen LogP contribution in [0.5, 0.6) is 0 Å². The van der Waals surface area contributed by atoms with Gasteiger partial charge in [0.15, 0.2) is 0 Å². The van der Waals surface area contributed by atoms with E-state index in [0.29, 0.717) is 30.7 Å². The first-order valence-corrected chi connectivity index (χ1v) is 17.7. The zero-order valence-electron chi connectivity index (χ0n) is 30.5. The van der Waals surface area contributed by atoms with Crippen molar-refractivity contribution in [1.82, 2.24) is 20.2 Å². The van der Waals surface area contributed by atoms with Crippen LogP contribution in [-0.2, 0) is 29.8 Å². The smallest absolute Gasteiger partial charge is 0.416 e. The van der Waals surface area contributed by atoms with Gasteiger partial charge in [-0.2, -0.15) is 31.1 Å². The summed E-state index contributed by atoms with van der Waals surface area (Å²) < 4.78 is 80.9. The monoisotopic (exact) mass is 740 g/mol. The SMILES string of the molecule is C/C(=C\C(C)C(F)(F)F)CN(c1nnn(C)n1)C1CCCN(CC2CCC(CC(=O)O)CC2)c2c1cc1c(c2C)COC1.C=C/C(=C\C)C(F)(F)F. The van der Waals surface area contributed by atoms with Gasteiger partial charge >= 0.3 is 18.3 Å². The number of carboxylic acids is 1. The van der Waals surface area contributed by atoms with Gasteiger partial charge in [0.05, 0.1) is 37.8 Å². The highest BCUT2D eigenvalue weighted by atomic mass is 19.4. The number of aryl methyl sites for hydroxylation is 1. The van der Waals surface area contributed by atoms with Gasteiger partial charge in [0.2, 0.25) is 0 Å². The van der Waals surface area contributed by atoms with E-state index >= 15 is 0 Å². The number of aliphatic carboxylic acids is 1. The summed E-state index contributed by atoms with van der Waals surface area (Å²) in [5, 5.41) is 22.1. The van der Waals surface area contributed by atoms with Crippen molar-refractivity contribution in [3.05, 3.63) is 64.3 Å². The van der Waals surface area contributed by atoms with Gasteiger partial charge in [0, 0.05) is 31.7 Å². The maximum atomic E-state index is 13.4. The van der Waals surface area contributed by atoms with Gasteiger partial charge in [-0.3, -0.25) is 4.79 Å². The molecule has 15 heteroatoms. The lowest BCUT2D eigenvalue weighted by molar-refractivity contribution is -0.156. The number of hydrogen-bond acceptors (Lipinski definition) is 7. The van der Waals surface area contributed by atoms with E-state index in [1.807, 2.05) is 4.90 Å². The molecule has 0 amide bonds. The van der Waals surface area contributed by atoms with Crippen LogP contribution in [0.1, 0.15) is 94.0 Å². The van der Waals surface area contributed by atoms with Crippen LogP contribution < -0.4 is 9.80 Å². The van der Waals surface area contributed by atoms with Crippen LogP contribution in [0.15, 0.2) is 42.0 Å². The molecule has 3 aliphatic rings. The molecule has 2 aliphatic heterocycles. The lowest BCUT2D eigenvalue weighted by Crippen LogP contribution is -2.34. The summed E-state index contributed by atoms with van der Waals surface area (Å²) in [5.41, 5.74) is 5.78. The van der Waals surface area contributed by atoms with E-state index in [1.54, 1.807) is 14.0 Å². The first kappa shape index (κ1) is 40.9. The minimum atomic E-state index is -4.31. The Morgan fingerprint density at radius 2 is 1.81 bits per heavy atom. The fraction of sp³-hybridized carbons (Fsp3) is 0.622. The number of allylic oxidation sites excluding steroid dienone is 4.